The van der Waals surface area contributed by atoms with E-state index in [4.69, 9.17) is 22.3 Å². The highest BCUT2D eigenvalue weighted by molar-refractivity contribution is 9.10. The molecule has 3 heterocycles. The molecule has 6 nitrogen and oxygen atoms in total. The topological polar surface area (TPSA) is 79.5 Å². The van der Waals surface area contributed by atoms with E-state index in [9.17, 15) is 9.59 Å². The predicted molar refractivity (Wildman–Crippen MR) is 148 cm³/mol. The van der Waals surface area contributed by atoms with E-state index in [-0.39, 0.29) is 23.8 Å². The lowest BCUT2D eigenvalue weighted by molar-refractivity contribution is -0.130. The second kappa shape index (κ2) is 10.8. The summed E-state index contributed by atoms with van der Waals surface area (Å²) in [5.74, 6) is 0.751. The molecule has 0 unspecified atom stereocenters. The first-order valence-corrected chi connectivity index (χ1v) is 14.4. The number of pyridine rings is 1. The molecule has 0 saturated carbocycles. The number of hydrogen-bond donors (Lipinski definition) is 1. The molecule has 190 valence electrons. The van der Waals surface area contributed by atoms with Gasteiger partial charge in [-0.3, -0.25) is 9.78 Å². The Labute approximate surface area is 233 Å². The molecule has 0 radical (unpaired) electrons. The third-order valence-electron chi connectivity index (χ3n) is 7.77. The van der Waals surface area contributed by atoms with Gasteiger partial charge in [-0.1, -0.05) is 33.6 Å². The van der Waals surface area contributed by atoms with Gasteiger partial charge in [0, 0.05) is 58.3 Å². The number of nitrogens with zero attached hydrogens (tertiary/aromatic N) is 3. The van der Waals surface area contributed by atoms with Crippen LogP contribution in [0, 0.1) is 11.8 Å². The number of fused-ring (bicyclic) bond motifs is 2. The Hall–Kier alpha value is -1.90. The van der Waals surface area contributed by atoms with Crippen LogP contribution in [0.5, 0.6) is 0 Å². The number of aryl methyl sites for hydroxylation is 2. The number of aromatic nitrogens is 1. The van der Waals surface area contributed by atoms with Gasteiger partial charge in [0.25, 0.3) is 0 Å². The number of primary amides is 1. The molecule has 1 aliphatic carbocycles. The van der Waals surface area contributed by atoms with Crippen LogP contribution in [0.3, 0.4) is 0 Å². The zero-order chi connectivity index (χ0) is 25.4. The van der Waals surface area contributed by atoms with Gasteiger partial charge in [0.05, 0.1) is 5.69 Å². The lowest BCUT2D eigenvalue weighted by atomic mass is 9.78. The number of hydrogen-bond acceptors (Lipinski definition) is 3. The van der Waals surface area contributed by atoms with E-state index >= 15 is 0 Å². The molecule has 1 fully saturated rings. The average Bonchev–Trinajstić information content (AvgIpc) is 3.01. The number of piperidine rings is 1. The summed E-state index contributed by atoms with van der Waals surface area (Å²) in [5.41, 5.74) is 10.3. The number of amides is 3. The molecule has 0 bridgehead atoms. The number of halogens is 3. The van der Waals surface area contributed by atoms with Crippen molar-refractivity contribution in [2.75, 3.05) is 19.6 Å². The van der Waals surface area contributed by atoms with E-state index in [1.165, 1.54) is 16.7 Å². The average molecular weight is 637 g/mol. The Morgan fingerprint density at radius 1 is 1.06 bits per heavy atom. The minimum atomic E-state index is -0.373. The second-order valence-electron chi connectivity index (χ2n) is 9.99. The van der Waals surface area contributed by atoms with Gasteiger partial charge in [0.15, 0.2) is 0 Å². The standard InChI is InChI=1S/C27H29Br2ClN4O2/c28-20-12-19-2-1-18-13-21(30)14-22(29)24(18)25(26(19)32-15-20)17-5-9-33(10-6-17)23(35)11-16-3-7-34(8-4-16)27(31)36/h5,9,12-17,25H,1-4,6-8,10-11H2,(H2,31,36)/t17-,25-/m1/s1. The van der Waals surface area contributed by atoms with Crippen LogP contribution in [-0.2, 0) is 17.6 Å². The second-order valence-corrected chi connectivity index (χ2v) is 12.2. The molecule has 0 spiro atoms. The SMILES string of the molecule is NC(=O)N1CCC(CC(=O)N2C=C[C@@H]([C@H]3c4ncc(Br)cc4CCc4cc(Cl)cc(Br)c43)CC2)CC1. The zero-order valence-electron chi connectivity index (χ0n) is 19.9. The first kappa shape index (κ1) is 25.7. The molecule has 3 aliphatic rings. The lowest BCUT2D eigenvalue weighted by Gasteiger charge is -2.34. The van der Waals surface area contributed by atoms with Crippen LogP contribution in [0.15, 0.2) is 45.6 Å². The Kier molecular flexibility index (Phi) is 7.75. The summed E-state index contributed by atoms with van der Waals surface area (Å²) in [6, 6.07) is 5.87. The van der Waals surface area contributed by atoms with Crippen LogP contribution in [0.1, 0.15) is 54.0 Å². The predicted octanol–water partition coefficient (Wildman–Crippen LogP) is 6.03. The lowest BCUT2D eigenvalue weighted by Crippen LogP contribution is -2.42. The third-order valence-corrected chi connectivity index (χ3v) is 9.08. The maximum absolute atomic E-state index is 13.1. The van der Waals surface area contributed by atoms with Gasteiger partial charge in [-0.2, -0.15) is 0 Å². The van der Waals surface area contributed by atoms with Gasteiger partial charge in [0.1, 0.15) is 0 Å². The largest absolute Gasteiger partial charge is 0.351 e. The van der Waals surface area contributed by atoms with E-state index in [0.29, 0.717) is 32.0 Å². The van der Waals surface area contributed by atoms with Crippen molar-refractivity contribution in [3.05, 3.63) is 73.0 Å². The Balaban J connectivity index is 1.36. The Bertz CT molecular complexity index is 1210. The molecule has 1 aromatic carbocycles. The van der Waals surface area contributed by atoms with E-state index < -0.39 is 0 Å². The number of likely N-dealkylation sites (tertiary alicyclic amines) is 1. The zero-order valence-corrected chi connectivity index (χ0v) is 23.9. The van der Waals surface area contributed by atoms with Crippen molar-refractivity contribution >= 4 is 55.4 Å². The summed E-state index contributed by atoms with van der Waals surface area (Å²) >= 11 is 13.8. The molecule has 2 atom stereocenters. The summed E-state index contributed by atoms with van der Waals surface area (Å²) in [6.45, 7) is 1.95. The van der Waals surface area contributed by atoms with E-state index in [2.05, 4.69) is 50.1 Å². The van der Waals surface area contributed by atoms with Gasteiger partial charge in [-0.25, -0.2) is 4.79 Å². The molecule has 1 aromatic heterocycles. The number of carbonyl (C=O) groups is 2. The van der Waals surface area contributed by atoms with Gasteiger partial charge >= 0.3 is 6.03 Å². The molecule has 3 amide bonds. The van der Waals surface area contributed by atoms with Crippen LogP contribution in [0.4, 0.5) is 4.79 Å². The first-order chi connectivity index (χ1) is 17.3. The summed E-state index contributed by atoms with van der Waals surface area (Å²) in [6.07, 6.45) is 10.9. The molecular formula is C27H29Br2ClN4O2. The van der Waals surface area contributed by atoms with Crippen LogP contribution in [0.2, 0.25) is 5.02 Å². The van der Waals surface area contributed by atoms with Crippen molar-refractivity contribution in [3.8, 4) is 0 Å². The fourth-order valence-electron chi connectivity index (χ4n) is 5.87. The highest BCUT2D eigenvalue weighted by atomic mass is 79.9. The third kappa shape index (κ3) is 5.36. The van der Waals surface area contributed by atoms with Crippen molar-refractivity contribution in [2.24, 2.45) is 17.6 Å². The first-order valence-electron chi connectivity index (χ1n) is 12.4. The number of nitrogens with two attached hydrogens (primary N) is 1. The minimum absolute atomic E-state index is 0.0869. The van der Waals surface area contributed by atoms with Crippen LogP contribution in [0.25, 0.3) is 0 Å². The van der Waals surface area contributed by atoms with Crippen LogP contribution >= 0.6 is 43.5 Å². The number of benzene rings is 1. The quantitative estimate of drug-likeness (QED) is 0.447. The molecule has 36 heavy (non-hydrogen) atoms. The summed E-state index contributed by atoms with van der Waals surface area (Å²) in [5, 5.41) is 0.733. The summed E-state index contributed by atoms with van der Waals surface area (Å²) < 4.78 is 2.00. The maximum atomic E-state index is 13.1. The van der Waals surface area contributed by atoms with E-state index in [1.54, 1.807) is 4.90 Å². The Morgan fingerprint density at radius 2 is 1.81 bits per heavy atom. The van der Waals surface area contributed by atoms with Crippen LogP contribution in [-0.4, -0.2) is 46.4 Å². The van der Waals surface area contributed by atoms with Crippen molar-refractivity contribution in [1.82, 2.24) is 14.8 Å². The highest BCUT2D eigenvalue weighted by Crippen LogP contribution is 2.45. The van der Waals surface area contributed by atoms with Gasteiger partial charge in [-0.05, 0) is 94.8 Å². The molecule has 1 saturated heterocycles. The summed E-state index contributed by atoms with van der Waals surface area (Å²) in [7, 11) is 0. The van der Waals surface area contributed by atoms with E-state index in [1.807, 2.05) is 23.4 Å². The molecule has 2 N–H and O–H groups in total. The highest BCUT2D eigenvalue weighted by Gasteiger charge is 2.35. The Morgan fingerprint density at radius 3 is 2.50 bits per heavy atom. The molecule has 2 aliphatic heterocycles. The molecule has 5 rings (SSSR count). The fourth-order valence-corrected chi connectivity index (χ4v) is 7.37. The summed E-state index contributed by atoms with van der Waals surface area (Å²) in [4.78, 5) is 32.9. The minimum Gasteiger partial charge on any atom is -0.351 e. The smallest absolute Gasteiger partial charge is 0.314 e. The molecule has 2 aromatic rings. The normalized spacial score (nSPS) is 22.1. The van der Waals surface area contributed by atoms with Gasteiger partial charge in [0.2, 0.25) is 5.91 Å². The number of allylic oxidation sites excluding steroid dienone is 1. The van der Waals surface area contributed by atoms with Crippen molar-refractivity contribution < 1.29 is 9.59 Å². The monoisotopic (exact) mass is 634 g/mol. The molecule has 9 heteroatoms. The van der Waals surface area contributed by atoms with Gasteiger partial charge < -0.3 is 15.5 Å². The maximum Gasteiger partial charge on any atom is 0.314 e. The van der Waals surface area contributed by atoms with Crippen molar-refractivity contribution in [3.63, 3.8) is 0 Å². The van der Waals surface area contributed by atoms with Crippen LogP contribution < -0.4 is 5.73 Å². The number of rotatable bonds is 3. The number of carbonyl (C=O) groups excluding carboxylic acids is 2. The van der Waals surface area contributed by atoms with Gasteiger partial charge in [-0.15, -0.1) is 0 Å². The van der Waals surface area contributed by atoms with Crippen molar-refractivity contribution in [2.45, 2.75) is 44.4 Å². The van der Waals surface area contributed by atoms with E-state index in [0.717, 1.165) is 51.8 Å². The number of urea groups is 1. The molecular weight excluding hydrogens is 608 g/mol. The fraction of sp³-hybridized carbons (Fsp3) is 0.444. The van der Waals surface area contributed by atoms with Crippen molar-refractivity contribution in [1.29, 1.82) is 0 Å².